The molecule has 0 unspecified atom stereocenters. The summed E-state index contributed by atoms with van der Waals surface area (Å²) in [5, 5.41) is 7.91. The lowest BCUT2D eigenvalue weighted by molar-refractivity contribution is 1.06. The van der Waals surface area contributed by atoms with Gasteiger partial charge in [-0.2, -0.15) is 4.98 Å². The van der Waals surface area contributed by atoms with Crippen LogP contribution >= 0.6 is 23.2 Å². The van der Waals surface area contributed by atoms with Crippen LogP contribution in [0.3, 0.4) is 0 Å². The highest BCUT2D eigenvalue weighted by molar-refractivity contribution is 6.31. The van der Waals surface area contributed by atoms with Crippen LogP contribution in [0.15, 0.2) is 54.7 Å². The molecule has 24 heavy (non-hydrogen) atoms. The lowest BCUT2D eigenvalue weighted by atomic mass is 10.2. The van der Waals surface area contributed by atoms with Crippen molar-refractivity contribution in [2.24, 2.45) is 0 Å². The van der Waals surface area contributed by atoms with Gasteiger partial charge in [0.15, 0.2) is 0 Å². The van der Waals surface area contributed by atoms with Crippen molar-refractivity contribution in [3.8, 4) is 0 Å². The van der Waals surface area contributed by atoms with Crippen LogP contribution in [0, 0.1) is 6.92 Å². The highest BCUT2D eigenvalue weighted by Gasteiger charge is 2.04. The van der Waals surface area contributed by atoms with Crippen molar-refractivity contribution >= 4 is 40.7 Å². The molecule has 0 saturated heterocycles. The first-order valence-corrected chi connectivity index (χ1v) is 8.21. The molecule has 0 fully saturated rings. The zero-order valence-electron chi connectivity index (χ0n) is 13.1. The standard InChI is InChI=1S/C18H16Cl2N4/c1-12-15(20)3-2-4-16(12)23-17-9-10-21-18(24-17)22-11-13-5-7-14(19)8-6-13/h2-10H,11H2,1H3,(H2,21,22,23,24). The molecule has 0 spiro atoms. The van der Waals surface area contributed by atoms with E-state index in [1.54, 1.807) is 6.20 Å². The first-order chi connectivity index (χ1) is 11.6. The van der Waals surface area contributed by atoms with Crippen molar-refractivity contribution in [2.45, 2.75) is 13.5 Å². The van der Waals surface area contributed by atoms with Gasteiger partial charge in [-0.1, -0.05) is 41.4 Å². The Kier molecular flexibility index (Phi) is 5.18. The normalized spacial score (nSPS) is 10.5. The van der Waals surface area contributed by atoms with Crippen LogP contribution in [-0.4, -0.2) is 9.97 Å². The second-order valence-corrected chi connectivity index (χ2v) is 6.13. The van der Waals surface area contributed by atoms with Crippen LogP contribution < -0.4 is 10.6 Å². The van der Waals surface area contributed by atoms with Gasteiger partial charge in [0.05, 0.1) is 0 Å². The number of halogens is 2. The van der Waals surface area contributed by atoms with E-state index in [1.807, 2.05) is 55.5 Å². The predicted octanol–water partition coefficient (Wildman–Crippen LogP) is 5.45. The minimum atomic E-state index is 0.551. The summed E-state index contributed by atoms with van der Waals surface area (Å²) in [5.74, 6) is 1.25. The number of anilines is 3. The Morgan fingerprint density at radius 3 is 2.58 bits per heavy atom. The molecule has 1 heterocycles. The van der Waals surface area contributed by atoms with Gasteiger partial charge in [-0.15, -0.1) is 0 Å². The van der Waals surface area contributed by atoms with Gasteiger partial charge in [-0.25, -0.2) is 4.98 Å². The molecule has 0 radical (unpaired) electrons. The summed E-state index contributed by atoms with van der Waals surface area (Å²) in [6.07, 6.45) is 1.71. The number of nitrogens with zero attached hydrogens (tertiary/aromatic N) is 2. The largest absolute Gasteiger partial charge is 0.350 e. The minimum absolute atomic E-state index is 0.551. The predicted molar refractivity (Wildman–Crippen MR) is 100 cm³/mol. The van der Waals surface area contributed by atoms with Crippen LogP contribution in [-0.2, 0) is 6.54 Å². The Labute approximate surface area is 150 Å². The molecule has 0 saturated carbocycles. The molecule has 3 aromatic rings. The summed E-state index contributed by atoms with van der Waals surface area (Å²) in [6.45, 7) is 2.59. The summed E-state index contributed by atoms with van der Waals surface area (Å²) in [6, 6.07) is 15.2. The van der Waals surface area contributed by atoms with E-state index in [4.69, 9.17) is 23.2 Å². The smallest absolute Gasteiger partial charge is 0.224 e. The van der Waals surface area contributed by atoms with Gasteiger partial charge >= 0.3 is 0 Å². The third kappa shape index (κ3) is 4.16. The molecule has 0 atom stereocenters. The van der Waals surface area contributed by atoms with E-state index in [0.717, 1.165) is 26.9 Å². The molecule has 122 valence electrons. The van der Waals surface area contributed by atoms with Crippen LogP contribution in [0.2, 0.25) is 10.0 Å². The molecule has 0 bridgehead atoms. The summed E-state index contributed by atoms with van der Waals surface area (Å²) in [7, 11) is 0. The maximum absolute atomic E-state index is 6.15. The van der Waals surface area contributed by atoms with E-state index in [2.05, 4.69) is 20.6 Å². The van der Waals surface area contributed by atoms with Crippen LogP contribution in [0.25, 0.3) is 0 Å². The Bertz CT molecular complexity index is 835. The van der Waals surface area contributed by atoms with Gasteiger partial charge in [0.25, 0.3) is 0 Å². The molecule has 6 heteroatoms. The van der Waals surface area contributed by atoms with Gasteiger partial charge in [-0.3, -0.25) is 0 Å². The first-order valence-electron chi connectivity index (χ1n) is 7.45. The molecule has 0 amide bonds. The highest BCUT2D eigenvalue weighted by Crippen LogP contribution is 2.25. The Morgan fingerprint density at radius 1 is 1.00 bits per heavy atom. The summed E-state index contributed by atoms with van der Waals surface area (Å²) < 4.78 is 0. The average Bonchev–Trinajstić information content (AvgIpc) is 2.59. The van der Waals surface area contributed by atoms with E-state index in [9.17, 15) is 0 Å². The number of nitrogens with one attached hydrogen (secondary N) is 2. The number of benzene rings is 2. The van der Waals surface area contributed by atoms with E-state index in [-0.39, 0.29) is 0 Å². The molecule has 0 aliphatic rings. The van der Waals surface area contributed by atoms with Crippen LogP contribution in [0.4, 0.5) is 17.5 Å². The van der Waals surface area contributed by atoms with Gasteiger partial charge < -0.3 is 10.6 Å². The van der Waals surface area contributed by atoms with Gasteiger partial charge in [0.2, 0.25) is 5.95 Å². The van der Waals surface area contributed by atoms with Crippen molar-refractivity contribution in [2.75, 3.05) is 10.6 Å². The zero-order valence-corrected chi connectivity index (χ0v) is 14.6. The highest BCUT2D eigenvalue weighted by atomic mass is 35.5. The minimum Gasteiger partial charge on any atom is -0.350 e. The van der Waals surface area contributed by atoms with Crippen LogP contribution in [0.5, 0.6) is 0 Å². The maximum atomic E-state index is 6.15. The van der Waals surface area contributed by atoms with Gasteiger partial charge in [-0.05, 0) is 48.4 Å². The molecule has 2 aromatic carbocycles. The molecule has 3 rings (SSSR count). The number of rotatable bonds is 5. The Hall–Kier alpha value is -2.30. The van der Waals surface area contributed by atoms with E-state index in [0.29, 0.717) is 18.3 Å². The Morgan fingerprint density at radius 2 is 1.79 bits per heavy atom. The zero-order chi connectivity index (χ0) is 16.9. The second kappa shape index (κ2) is 7.51. The van der Waals surface area contributed by atoms with E-state index >= 15 is 0 Å². The van der Waals surface area contributed by atoms with Crippen molar-refractivity contribution in [3.05, 3.63) is 75.9 Å². The van der Waals surface area contributed by atoms with Crippen molar-refractivity contribution in [1.29, 1.82) is 0 Å². The van der Waals surface area contributed by atoms with E-state index < -0.39 is 0 Å². The molecule has 0 aliphatic heterocycles. The Balaban J connectivity index is 1.69. The summed E-state index contributed by atoms with van der Waals surface area (Å²) in [5.41, 5.74) is 3.00. The number of hydrogen-bond acceptors (Lipinski definition) is 4. The topological polar surface area (TPSA) is 49.8 Å². The molecule has 0 aliphatic carbocycles. The first kappa shape index (κ1) is 16.6. The second-order valence-electron chi connectivity index (χ2n) is 5.28. The molecule has 1 aromatic heterocycles. The summed E-state index contributed by atoms with van der Waals surface area (Å²) in [4.78, 5) is 8.71. The lowest BCUT2D eigenvalue weighted by Gasteiger charge is -2.11. The fraction of sp³-hybridized carbons (Fsp3) is 0.111. The van der Waals surface area contributed by atoms with Gasteiger partial charge in [0.1, 0.15) is 5.82 Å². The molecule has 4 nitrogen and oxygen atoms in total. The molecular formula is C18H16Cl2N4. The number of hydrogen-bond donors (Lipinski definition) is 2. The van der Waals surface area contributed by atoms with Crippen molar-refractivity contribution in [3.63, 3.8) is 0 Å². The maximum Gasteiger partial charge on any atom is 0.224 e. The SMILES string of the molecule is Cc1c(Cl)cccc1Nc1ccnc(NCc2ccc(Cl)cc2)n1. The molecular weight excluding hydrogens is 343 g/mol. The average molecular weight is 359 g/mol. The summed E-state index contributed by atoms with van der Waals surface area (Å²) >= 11 is 12.0. The third-order valence-electron chi connectivity index (χ3n) is 3.55. The van der Waals surface area contributed by atoms with Crippen LogP contribution in [0.1, 0.15) is 11.1 Å². The third-order valence-corrected chi connectivity index (χ3v) is 4.21. The van der Waals surface area contributed by atoms with Gasteiger partial charge in [0, 0.05) is 28.5 Å². The van der Waals surface area contributed by atoms with Crippen molar-refractivity contribution < 1.29 is 0 Å². The lowest BCUT2D eigenvalue weighted by Crippen LogP contribution is -2.05. The van der Waals surface area contributed by atoms with Crippen molar-refractivity contribution in [1.82, 2.24) is 9.97 Å². The number of aromatic nitrogens is 2. The monoisotopic (exact) mass is 358 g/mol. The van der Waals surface area contributed by atoms with E-state index in [1.165, 1.54) is 0 Å². The fourth-order valence-electron chi connectivity index (χ4n) is 2.18. The quantitative estimate of drug-likeness (QED) is 0.636. The fourth-order valence-corrected chi connectivity index (χ4v) is 2.48. The molecule has 2 N–H and O–H groups in total.